The SMILES string of the molecule is Cc1c(C(=O)N[C@@H]2CCCc3ccccc32)sc2nc3n(c(=O)c12)CCCCC3. The molecule has 5 rings (SSSR count). The summed E-state index contributed by atoms with van der Waals surface area (Å²) in [6, 6.07) is 8.38. The molecule has 0 spiro atoms. The molecule has 1 aliphatic heterocycles. The number of carbonyl (C=O) groups is 1. The van der Waals surface area contributed by atoms with Crippen molar-refractivity contribution in [3.8, 4) is 0 Å². The van der Waals surface area contributed by atoms with Gasteiger partial charge < -0.3 is 5.32 Å². The van der Waals surface area contributed by atoms with E-state index in [1.807, 2.05) is 17.6 Å². The molecule has 2 aromatic heterocycles. The monoisotopic (exact) mass is 407 g/mol. The number of amides is 1. The van der Waals surface area contributed by atoms with Crippen molar-refractivity contribution in [1.29, 1.82) is 0 Å². The maximum absolute atomic E-state index is 13.2. The lowest BCUT2D eigenvalue weighted by molar-refractivity contribution is 0.0936. The Morgan fingerprint density at radius 2 is 2.03 bits per heavy atom. The van der Waals surface area contributed by atoms with Crippen LogP contribution in [-0.4, -0.2) is 15.5 Å². The molecule has 2 aliphatic rings. The predicted molar refractivity (Wildman–Crippen MR) is 116 cm³/mol. The van der Waals surface area contributed by atoms with Crippen LogP contribution >= 0.6 is 11.3 Å². The predicted octanol–water partition coefficient (Wildman–Crippen LogP) is 4.30. The van der Waals surface area contributed by atoms with E-state index in [-0.39, 0.29) is 17.5 Å². The number of nitrogens with one attached hydrogen (secondary N) is 1. The summed E-state index contributed by atoms with van der Waals surface area (Å²) in [4.78, 5) is 32.4. The van der Waals surface area contributed by atoms with Crippen LogP contribution in [0.25, 0.3) is 10.2 Å². The zero-order chi connectivity index (χ0) is 20.0. The van der Waals surface area contributed by atoms with Crippen molar-refractivity contribution in [2.45, 2.75) is 64.5 Å². The third-order valence-electron chi connectivity index (χ3n) is 6.29. The van der Waals surface area contributed by atoms with Crippen molar-refractivity contribution in [2.24, 2.45) is 0 Å². The van der Waals surface area contributed by atoms with Crippen molar-refractivity contribution in [2.75, 3.05) is 0 Å². The standard InChI is InChI=1S/C23H25N3O2S/c1-14-19-22(25-18-12-3-2-6-13-26(18)23(19)28)29-20(14)21(27)24-17-11-7-9-15-8-4-5-10-16(15)17/h4-5,8,10,17H,2-3,6-7,9,11-13H2,1H3,(H,24,27)/t17-/m1/s1. The maximum Gasteiger partial charge on any atom is 0.262 e. The zero-order valence-corrected chi connectivity index (χ0v) is 17.5. The number of carbonyl (C=O) groups excluding carboxylic acids is 1. The summed E-state index contributed by atoms with van der Waals surface area (Å²) >= 11 is 1.36. The molecule has 0 radical (unpaired) electrons. The fraction of sp³-hybridized carbons (Fsp3) is 0.435. The smallest absolute Gasteiger partial charge is 0.262 e. The Kier molecular flexibility index (Phi) is 4.74. The van der Waals surface area contributed by atoms with E-state index in [2.05, 4.69) is 23.5 Å². The Labute approximate surface area is 173 Å². The largest absolute Gasteiger partial charge is 0.345 e. The lowest BCUT2D eigenvalue weighted by Gasteiger charge is -2.26. The number of thiophene rings is 1. The second-order valence-electron chi connectivity index (χ2n) is 8.15. The maximum atomic E-state index is 13.2. The highest BCUT2D eigenvalue weighted by atomic mass is 32.1. The molecule has 0 unspecified atom stereocenters. The fourth-order valence-electron chi connectivity index (χ4n) is 4.75. The molecule has 5 nitrogen and oxygen atoms in total. The van der Waals surface area contributed by atoms with Crippen LogP contribution in [0.2, 0.25) is 0 Å². The van der Waals surface area contributed by atoms with Gasteiger partial charge in [-0.25, -0.2) is 4.98 Å². The molecule has 1 atom stereocenters. The van der Waals surface area contributed by atoms with E-state index in [0.717, 1.165) is 62.9 Å². The number of aromatic nitrogens is 2. The first-order valence-corrected chi connectivity index (χ1v) is 11.4. The van der Waals surface area contributed by atoms with Crippen LogP contribution in [0, 0.1) is 6.92 Å². The lowest BCUT2D eigenvalue weighted by atomic mass is 9.87. The van der Waals surface area contributed by atoms with Crippen molar-refractivity contribution in [1.82, 2.24) is 14.9 Å². The summed E-state index contributed by atoms with van der Waals surface area (Å²) < 4.78 is 1.83. The Hall–Kier alpha value is -2.47. The average Bonchev–Trinajstić information content (AvgIpc) is 2.89. The first-order valence-electron chi connectivity index (χ1n) is 10.5. The number of nitrogens with zero attached hydrogens (tertiary/aromatic N) is 2. The molecule has 1 amide bonds. The first-order chi connectivity index (χ1) is 14.1. The normalized spacial score (nSPS) is 18.7. The van der Waals surface area contributed by atoms with Crippen LogP contribution in [0.3, 0.4) is 0 Å². The second-order valence-corrected chi connectivity index (χ2v) is 9.15. The molecule has 6 heteroatoms. The van der Waals surface area contributed by atoms with Crippen LogP contribution in [0.15, 0.2) is 29.1 Å². The molecule has 3 heterocycles. The number of rotatable bonds is 2. The van der Waals surface area contributed by atoms with Gasteiger partial charge in [0.2, 0.25) is 0 Å². The van der Waals surface area contributed by atoms with E-state index in [1.54, 1.807) is 0 Å². The van der Waals surface area contributed by atoms with Gasteiger partial charge in [-0.1, -0.05) is 30.7 Å². The van der Waals surface area contributed by atoms with Crippen molar-refractivity contribution in [3.63, 3.8) is 0 Å². The van der Waals surface area contributed by atoms with Gasteiger partial charge in [0.25, 0.3) is 11.5 Å². The Bertz CT molecular complexity index is 1160. The summed E-state index contributed by atoms with van der Waals surface area (Å²) in [7, 11) is 0. The van der Waals surface area contributed by atoms with Crippen molar-refractivity contribution in [3.05, 3.63) is 62.0 Å². The molecule has 0 bridgehead atoms. The molecular weight excluding hydrogens is 382 g/mol. The number of benzene rings is 1. The quantitative estimate of drug-likeness (QED) is 0.689. The van der Waals surface area contributed by atoms with Crippen LogP contribution < -0.4 is 10.9 Å². The fourth-order valence-corrected chi connectivity index (χ4v) is 5.85. The van der Waals surface area contributed by atoms with Gasteiger partial charge in [-0.15, -0.1) is 11.3 Å². The molecule has 29 heavy (non-hydrogen) atoms. The van der Waals surface area contributed by atoms with Crippen LogP contribution in [0.4, 0.5) is 0 Å². The highest BCUT2D eigenvalue weighted by Gasteiger charge is 2.26. The number of fused-ring (bicyclic) bond motifs is 3. The highest BCUT2D eigenvalue weighted by molar-refractivity contribution is 7.20. The summed E-state index contributed by atoms with van der Waals surface area (Å²) in [5.41, 5.74) is 3.32. The molecule has 3 aromatic rings. The summed E-state index contributed by atoms with van der Waals surface area (Å²) in [6.45, 7) is 2.61. The third kappa shape index (κ3) is 3.19. The second kappa shape index (κ2) is 7.41. The minimum atomic E-state index is -0.0909. The van der Waals surface area contributed by atoms with E-state index in [0.29, 0.717) is 15.1 Å². The zero-order valence-electron chi connectivity index (χ0n) is 16.7. The average molecular weight is 408 g/mol. The molecule has 150 valence electrons. The topological polar surface area (TPSA) is 64.0 Å². The van der Waals surface area contributed by atoms with E-state index >= 15 is 0 Å². The molecule has 1 N–H and O–H groups in total. The third-order valence-corrected chi connectivity index (χ3v) is 7.48. The van der Waals surface area contributed by atoms with Crippen LogP contribution in [-0.2, 0) is 19.4 Å². The summed E-state index contributed by atoms with van der Waals surface area (Å²) in [5.74, 6) is 0.779. The highest BCUT2D eigenvalue weighted by Crippen LogP contribution is 2.32. The van der Waals surface area contributed by atoms with E-state index in [4.69, 9.17) is 4.98 Å². The molecule has 0 fully saturated rings. The number of aryl methyl sites for hydroxylation is 3. The molecule has 0 saturated heterocycles. The van der Waals surface area contributed by atoms with E-state index < -0.39 is 0 Å². The van der Waals surface area contributed by atoms with Gasteiger partial charge in [-0.3, -0.25) is 14.2 Å². The minimum absolute atomic E-state index is 0.0164. The lowest BCUT2D eigenvalue weighted by Crippen LogP contribution is -2.31. The first kappa shape index (κ1) is 18.6. The van der Waals surface area contributed by atoms with Gasteiger partial charge in [0, 0.05) is 13.0 Å². The number of hydrogen-bond acceptors (Lipinski definition) is 4. The van der Waals surface area contributed by atoms with Gasteiger partial charge >= 0.3 is 0 Å². The molecule has 1 aliphatic carbocycles. The molecular formula is C23H25N3O2S. The van der Waals surface area contributed by atoms with Gasteiger partial charge in [0.05, 0.1) is 16.3 Å². The van der Waals surface area contributed by atoms with Crippen LogP contribution in [0.5, 0.6) is 0 Å². The van der Waals surface area contributed by atoms with Crippen molar-refractivity contribution < 1.29 is 4.79 Å². The Morgan fingerprint density at radius 3 is 2.93 bits per heavy atom. The Balaban J connectivity index is 1.51. The molecule has 1 aromatic carbocycles. The van der Waals surface area contributed by atoms with E-state index in [9.17, 15) is 9.59 Å². The summed E-state index contributed by atoms with van der Waals surface area (Å²) in [5, 5.41) is 3.85. The van der Waals surface area contributed by atoms with Crippen LogP contribution in [0.1, 0.15) is 70.3 Å². The Morgan fingerprint density at radius 1 is 1.17 bits per heavy atom. The van der Waals surface area contributed by atoms with Gasteiger partial charge in [-0.2, -0.15) is 0 Å². The van der Waals surface area contributed by atoms with E-state index in [1.165, 1.54) is 22.5 Å². The van der Waals surface area contributed by atoms with Gasteiger partial charge in [0.15, 0.2) is 0 Å². The summed E-state index contributed by atoms with van der Waals surface area (Å²) in [6.07, 6.45) is 7.13. The molecule has 0 saturated carbocycles. The number of hydrogen-bond donors (Lipinski definition) is 1. The van der Waals surface area contributed by atoms with Crippen molar-refractivity contribution >= 4 is 27.5 Å². The van der Waals surface area contributed by atoms with Gasteiger partial charge in [0.1, 0.15) is 10.7 Å². The van der Waals surface area contributed by atoms with Gasteiger partial charge in [-0.05, 0) is 55.7 Å². The minimum Gasteiger partial charge on any atom is -0.345 e.